The predicted octanol–water partition coefficient (Wildman–Crippen LogP) is 2.19. The maximum Gasteiger partial charge on any atom is 0.110 e. The molecule has 2 rings (SSSR count). The minimum atomic E-state index is 0.158. The molecule has 0 bridgehead atoms. The van der Waals surface area contributed by atoms with Gasteiger partial charge in [-0.1, -0.05) is 6.92 Å². The number of rotatable bonds is 7. The molecule has 4 nitrogen and oxygen atoms in total. The van der Waals surface area contributed by atoms with Gasteiger partial charge in [-0.2, -0.15) is 0 Å². The fraction of sp³-hybridized carbons (Fsp3) is 0.467. The summed E-state index contributed by atoms with van der Waals surface area (Å²) in [5, 5.41) is 0. The van der Waals surface area contributed by atoms with Crippen molar-refractivity contribution in [3.05, 3.63) is 48.3 Å². The highest BCUT2D eigenvalue weighted by Crippen LogP contribution is 2.08. The molecule has 0 radical (unpaired) electrons. The Hall–Kier alpha value is -1.68. The van der Waals surface area contributed by atoms with Gasteiger partial charge in [0.15, 0.2) is 0 Å². The van der Waals surface area contributed by atoms with Gasteiger partial charge < -0.3 is 10.3 Å². The normalized spacial score (nSPS) is 12.5. The topological polar surface area (TPSA) is 56.7 Å². The Kier molecular flexibility index (Phi) is 5.10. The quantitative estimate of drug-likeness (QED) is 0.828. The van der Waals surface area contributed by atoms with Crippen molar-refractivity contribution in [1.82, 2.24) is 14.5 Å². The molecule has 2 heterocycles. The van der Waals surface area contributed by atoms with Crippen LogP contribution in [0.15, 0.2) is 36.9 Å². The Morgan fingerprint density at radius 1 is 1.26 bits per heavy atom. The van der Waals surface area contributed by atoms with Crippen molar-refractivity contribution in [1.29, 1.82) is 0 Å². The molecule has 0 saturated carbocycles. The fourth-order valence-corrected chi connectivity index (χ4v) is 2.21. The highest BCUT2D eigenvalue weighted by molar-refractivity contribution is 5.10. The lowest BCUT2D eigenvalue weighted by atomic mass is 10.0. The standard InChI is InChI=1S/C15H22N4/c1-2-10-19-11-9-18-15(19)12-14(16)4-3-13-5-7-17-8-6-13/h5-9,11,14H,2-4,10,12,16H2,1H3. The lowest BCUT2D eigenvalue weighted by Gasteiger charge is -2.12. The third-order valence-electron chi connectivity index (χ3n) is 3.26. The molecule has 4 heteroatoms. The van der Waals surface area contributed by atoms with E-state index < -0.39 is 0 Å². The lowest BCUT2D eigenvalue weighted by molar-refractivity contribution is 0.557. The minimum absolute atomic E-state index is 0.158. The first-order valence-corrected chi connectivity index (χ1v) is 6.94. The number of aromatic nitrogens is 3. The SMILES string of the molecule is CCCn1ccnc1CC(N)CCc1ccncc1. The van der Waals surface area contributed by atoms with Gasteiger partial charge >= 0.3 is 0 Å². The van der Waals surface area contributed by atoms with E-state index in [1.807, 2.05) is 36.9 Å². The summed E-state index contributed by atoms with van der Waals surface area (Å²) in [5.74, 6) is 1.10. The van der Waals surface area contributed by atoms with Gasteiger partial charge in [-0.15, -0.1) is 0 Å². The van der Waals surface area contributed by atoms with Gasteiger partial charge in [0.1, 0.15) is 5.82 Å². The number of imidazole rings is 1. The summed E-state index contributed by atoms with van der Waals surface area (Å²) in [4.78, 5) is 8.42. The molecule has 19 heavy (non-hydrogen) atoms. The van der Waals surface area contributed by atoms with Gasteiger partial charge in [0.2, 0.25) is 0 Å². The molecule has 2 aromatic rings. The Bertz CT molecular complexity index is 478. The number of hydrogen-bond donors (Lipinski definition) is 1. The van der Waals surface area contributed by atoms with Crippen molar-refractivity contribution in [2.75, 3.05) is 0 Å². The van der Waals surface area contributed by atoms with E-state index in [1.54, 1.807) is 0 Å². The van der Waals surface area contributed by atoms with Gasteiger partial charge in [-0.05, 0) is 37.0 Å². The molecule has 1 unspecified atom stereocenters. The zero-order valence-electron chi connectivity index (χ0n) is 11.5. The molecule has 2 aromatic heterocycles. The van der Waals surface area contributed by atoms with E-state index in [0.717, 1.165) is 38.1 Å². The monoisotopic (exact) mass is 258 g/mol. The second kappa shape index (κ2) is 7.04. The number of pyridine rings is 1. The average molecular weight is 258 g/mol. The van der Waals surface area contributed by atoms with E-state index in [1.165, 1.54) is 5.56 Å². The smallest absolute Gasteiger partial charge is 0.110 e. The fourth-order valence-electron chi connectivity index (χ4n) is 2.21. The summed E-state index contributed by atoms with van der Waals surface area (Å²) in [7, 11) is 0. The van der Waals surface area contributed by atoms with Crippen LogP contribution in [0.25, 0.3) is 0 Å². The van der Waals surface area contributed by atoms with Crippen molar-refractivity contribution in [3.8, 4) is 0 Å². The van der Waals surface area contributed by atoms with Gasteiger partial charge in [-0.25, -0.2) is 4.98 Å². The van der Waals surface area contributed by atoms with Crippen molar-refractivity contribution in [3.63, 3.8) is 0 Å². The third kappa shape index (κ3) is 4.17. The summed E-state index contributed by atoms with van der Waals surface area (Å²) in [6.07, 6.45) is 11.5. The molecule has 102 valence electrons. The van der Waals surface area contributed by atoms with Crippen LogP contribution in [0.3, 0.4) is 0 Å². The van der Waals surface area contributed by atoms with Crippen LogP contribution in [0, 0.1) is 0 Å². The molecule has 2 N–H and O–H groups in total. The number of aryl methyl sites for hydroxylation is 2. The van der Waals surface area contributed by atoms with E-state index in [9.17, 15) is 0 Å². The zero-order chi connectivity index (χ0) is 13.5. The van der Waals surface area contributed by atoms with Crippen molar-refractivity contribution < 1.29 is 0 Å². The van der Waals surface area contributed by atoms with E-state index in [-0.39, 0.29) is 6.04 Å². The molecule has 0 saturated heterocycles. The highest BCUT2D eigenvalue weighted by Gasteiger charge is 2.09. The second-order valence-corrected chi connectivity index (χ2v) is 4.90. The van der Waals surface area contributed by atoms with Crippen LogP contribution < -0.4 is 5.73 Å². The van der Waals surface area contributed by atoms with E-state index in [4.69, 9.17) is 5.73 Å². The molecule has 0 aliphatic heterocycles. The van der Waals surface area contributed by atoms with Crippen LogP contribution >= 0.6 is 0 Å². The maximum atomic E-state index is 6.21. The van der Waals surface area contributed by atoms with Crippen molar-refractivity contribution in [2.24, 2.45) is 5.73 Å². The minimum Gasteiger partial charge on any atom is -0.335 e. The molecular weight excluding hydrogens is 236 g/mol. The zero-order valence-corrected chi connectivity index (χ0v) is 11.5. The van der Waals surface area contributed by atoms with Gasteiger partial charge in [0.25, 0.3) is 0 Å². The Morgan fingerprint density at radius 2 is 2.05 bits per heavy atom. The van der Waals surface area contributed by atoms with Crippen LogP contribution in [0.4, 0.5) is 0 Å². The van der Waals surface area contributed by atoms with Gasteiger partial charge in [0.05, 0.1) is 0 Å². The summed E-state index contributed by atoms with van der Waals surface area (Å²) in [6, 6.07) is 4.25. The number of nitrogens with zero attached hydrogens (tertiary/aromatic N) is 3. The molecule has 0 amide bonds. The molecule has 1 atom stereocenters. The third-order valence-corrected chi connectivity index (χ3v) is 3.26. The summed E-state index contributed by atoms with van der Waals surface area (Å²) in [6.45, 7) is 3.19. The molecule has 0 aliphatic carbocycles. The van der Waals surface area contributed by atoms with Crippen molar-refractivity contribution >= 4 is 0 Å². The Morgan fingerprint density at radius 3 is 2.79 bits per heavy atom. The average Bonchev–Trinajstić information content (AvgIpc) is 2.85. The highest BCUT2D eigenvalue weighted by atomic mass is 15.1. The van der Waals surface area contributed by atoms with Crippen LogP contribution in [-0.2, 0) is 19.4 Å². The molecule has 0 fully saturated rings. The van der Waals surface area contributed by atoms with Gasteiger partial charge in [0, 0.05) is 43.8 Å². The summed E-state index contributed by atoms with van der Waals surface area (Å²) >= 11 is 0. The molecule has 0 spiro atoms. The van der Waals surface area contributed by atoms with Crippen LogP contribution in [0.5, 0.6) is 0 Å². The lowest BCUT2D eigenvalue weighted by Crippen LogP contribution is -2.25. The van der Waals surface area contributed by atoms with Crippen LogP contribution in [-0.4, -0.2) is 20.6 Å². The maximum absolute atomic E-state index is 6.21. The predicted molar refractivity (Wildman–Crippen MR) is 76.8 cm³/mol. The van der Waals surface area contributed by atoms with E-state index >= 15 is 0 Å². The molecule has 0 aromatic carbocycles. The van der Waals surface area contributed by atoms with E-state index in [0.29, 0.717) is 0 Å². The largest absolute Gasteiger partial charge is 0.335 e. The number of hydrogen-bond acceptors (Lipinski definition) is 3. The van der Waals surface area contributed by atoms with Gasteiger partial charge in [-0.3, -0.25) is 4.98 Å². The Labute approximate surface area is 114 Å². The van der Waals surface area contributed by atoms with Crippen LogP contribution in [0.1, 0.15) is 31.2 Å². The van der Waals surface area contributed by atoms with Crippen molar-refractivity contribution in [2.45, 2.75) is 45.2 Å². The molecular formula is C15H22N4. The number of nitrogens with two attached hydrogens (primary N) is 1. The van der Waals surface area contributed by atoms with E-state index in [2.05, 4.69) is 21.5 Å². The first-order valence-electron chi connectivity index (χ1n) is 6.94. The van der Waals surface area contributed by atoms with Crippen LogP contribution in [0.2, 0.25) is 0 Å². The molecule has 0 aliphatic rings. The Balaban J connectivity index is 1.84. The first kappa shape index (κ1) is 13.7. The summed E-state index contributed by atoms with van der Waals surface area (Å²) in [5.41, 5.74) is 7.50. The second-order valence-electron chi connectivity index (χ2n) is 4.90. The summed E-state index contributed by atoms with van der Waals surface area (Å²) < 4.78 is 2.20. The first-order chi connectivity index (χ1) is 9.29.